The number of hydrogen-bond donors (Lipinski definition) is 1. The summed E-state index contributed by atoms with van der Waals surface area (Å²) in [4.78, 5) is 11.6. The Hall–Kier alpha value is -1.76. The molecule has 1 unspecified atom stereocenters. The van der Waals surface area contributed by atoms with E-state index in [1.807, 2.05) is 49.1 Å². The molecule has 1 aromatic heterocycles. The number of aliphatic hydroxyl groups excluding tert-OH is 1. The zero-order valence-electron chi connectivity index (χ0n) is 15.0. The monoisotopic (exact) mass is 407 g/mol. The summed E-state index contributed by atoms with van der Waals surface area (Å²) in [6.07, 6.45) is 2.90. The fraction of sp³-hybridized carbons (Fsp3) is 0.263. The molecule has 0 bridgehead atoms. The minimum Gasteiger partial charge on any atom is -0.515 e. The van der Waals surface area contributed by atoms with E-state index in [0.29, 0.717) is 15.7 Å². The lowest BCUT2D eigenvalue weighted by Crippen LogP contribution is -2.27. The first kappa shape index (κ1) is 20.6. The van der Waals surface area contributed by atoms with Gasteiger partial charge in [0.15, 0.2) is 9.63 Å². The zero-order valence-corrected chi connectivity index (χ0v) is 17.4. The largest absolute Gasteiger partial charge is 0.515 e. The van der Waals surface area contributed by atoms with Crippen LogP contribution >= 0.6 is 34.7 Å². The highest BCUT2D eigenvalue weighted by molar-refractivity contribution is 8.14. The molecule has 0 amide bonds. The molecule has 1 fully saturated rings. The van der Waals surface area contributed by atoms with Gasteiger partial charge in [0.05, 0.1) is 12.3 Å². The standard InChI is InChI=1S/C17H16ClN3OS2.C2H6/c1-11(13(9-22)12-6-4-3-5-7-12)21-14(10-23-17(21)19-2)15-8-20-16(18)24-15;1-2/h3-9,14,22H,1,10H2,2H3;1-2H3/b13-9-,19-17?;. The summed E-state index contributed by atoms with van der Waals surface area (Å²) in [6.45, 7) is 8.22. The van der Waals surface area contributed by atoms with Crippen molar-refractivity contribution in [2.75, 3.05) is 12.8 Å². The smallest absolute Gasteiger partial charge is 0.183 e. The topological polar surface area (TPSA) is 48.7 Å². The van der Waals surface area contributed by atoms with E-state index in [-0.39, 0.29) is 6.04 Å². The Balaban J connectivity index is 0.00000117. The van der Waals surface area contributed by atoms with Crippen molar-refractivity contribution < 1.29 is 5.11 Å². The molecule has 26 heavy (non-hydrogen) atoms. The van der Waals surface area contributed by atoms with Crippen molar-refractivity contribution in [3.05, 3.63) is 70.0 Å². The van der Waals surface area contributed by atoms with Gasteiger partial charge < -0.3 is 10.0 Å². The Morgan fingerprint density at radius 2 is 2.08 bits per heavy atom. The number of thioether (sulfide) groups is 1. The highest BCUT2D eigenvalue weighted by Crippen LogP contribution is 2.43. The van der Waals surface area contributed by atoms with E-state index in [9.17, 15) is 5.11 Å². The maximum atomic E-state index is 9.80. The number of aliphatic imine (C=N–C) groups is 1. The lowest BCUT2D eigenvalue weighted by molar-refractivity contribution is 0.447. The van der Waals surface area contributed by atoms with Crippen molar-refractivity contribution >= 4 is 45.4 Å². The van der Waals surface area contributed by atoms with E-state index in [1.165, 1.54) is 11.3 Å². The van der Waals surface area contributed by atoms with Gasteiger partial charge in [-0.1, -0.05) is 74.1 Å². The average Bonchev–Trinajstić information content (AvgIpc) is 3.30. The second-order valence-corrected chi connectivity index (χ2v) is 7.71. The molecule has 1 aromatic carbocycles. The van der Waals surface area contributed by atoms with Crippen molar-refractivity contribution in [2.24, 2.45) is 4.99 Å². The summed E-state index contributed by atoms with van der Waals surface area (Å²) in [5.74, 6) is 0.831. The van der Waals surface area contributed by atoms with Crippen LogP contribution in [0.3, 0.4) is 0 Å². The van der Waals surface area contributed by atoms with E-state index < -0.39 is 0 Å². The van der Waals surface area contributed by atoms with Crippen LogP contribution in [0.25, 0.3) is 5.57 Å². The molecule has 0 spiro atoms. The summed E-state index contributed by atoms with van der Waals surface area (Å²) in [7, 11) is 1.76. The first-order chi connectivity index (χ1) is 12.7. The number of halogens is 1. The van der Waals surface area contributed by atoms with Crippen LogP contribution in [-0.4, -0.2) is 33.0 Å². The second kappa shape index (κ2) is 9.80. The van der Waals surface area contributed by atoms with Crippen molar-refractivity contribution in [1.82, 2.24) is 9.88 Å². The second-order valence-electron chi connectivity index (χ2n) is 5.07. The highest BCUT2D eigenvalue weighted by Gasteiger charge is 2.35. The summed E-state index contributed by atoms with van der Waals surface area (Å²) >= 11 is 9.11. The van der Waals surface area contributed by atoms with E-state index in [0.717, 1.165) is 27.6 Å². The van der Waals surface area contributed by atoms with Gasteiger partial charge in [-0.15, -0.1) is 11.3 Å². The molecule has 0 saturated carbocycles. The van der Waals surface area contributed by atoms with Crippen LogP contribution < -0.4 is 0 Å². The average molecular weight is 408 g/mol. The van der Waals surface area contributed by atoms with Crippen molar-refractivity contribution in [1.29, 1.82) is 0 Å². The van der Waals surface area contributed by atoms with Crippen LogP contribution in [0.15, 0.2) is 60.1 Å². The minimum absolute atomic E-state index is 0.0462. The van der Waals surface area contributed by atoms with Gasteiger partial charge in [-0.05, 0) is 5.56 Å². The summed E-state index contributed by atoms with van der Waals surface area (Å²) < 4.78 is 0.517. The highest BCUT2D eigenvalue weighted by atomic mass is 35.5. The van der Waals surface area contributed by atoms with Crippen LogP contribution in [0.2, 0.25) is 4.47 Å². The fourth-order valence-electron chi connectivity index (χ4n) is 2.60. The van der Waals surface area contributed by atoms with Crippen LogP contribution in [0.1, 0.15) is 30.3 Å². The number of hydrogen-bond acceptors (Lipinski definition) is 5. The van der Waals surface area contributed by atoms with Gasteiger partial charge in [-0.25, -0.2) is 4.98 Å². The summed E-state index contributed by atoms with van der Waals surface area (Å²) in [5, 5.41) is 10.7. The van der Waals surface area contributed by atoms with Gasteiger partial charge in [0.25, 0.3) is 0 Å². The molecule has 0 radical (unpaired) electrons. The fourth-order valence-corrected chi connectivity index (χ4v) is 4.89. The number of benzene rings is 1. The van der Waals surface area contributed by atoms with Gasteiger partial charge in [-0.2, -0.15) is 0 Å². The van der Waals surface area contributed by atoms with E-state index in [1.54, 1.807) is 25.0 Å². The molecule has 0 aliphatic carbocycles. The van der Waals surface area contributed by atoms with Gasteiger partial charge in [0.1, 0.15) is 0 Å². The number of nitrogens with zero attached hydrogens (tertiary/aromatic N) is 3. The molecule has 3 rings (SSSR count). The number of aliphatic hydroxyl groups is 1. The molecule has 1 saturated heterocycles. The summed E-state index contributed by atoms with van der Waals surface area (Å²) in [6, 6.07) is 9.73. The van der Waals surface area contributed by atoms with Crippen molar-refractivity contribution in [3.63, 3.8) is 0 Å². The molecule has 138 valence electrons. The predicted molar refractivity (Wildman–Crippen MR) is 115 cm³/mol. The molecule has 2 heterocycles. The van der Waals surface area contributed by atoms with Crippen LogP contribution in [-0.2, 0) is 0 Å². The maximum Gasteiger partial charge on any atom is 0.183 e. The summed E-state index contributed by atoms with van der Waals surface area (Å²) in [5.41, 5.74) is 2.27. The number of allylic oxidation sites excluding steroid dienone is 1. The van der Waals surface area contributed by atoms with Crippen LogP contribution in [0.5, 0.6) is 0 Å². The number of aromatic nitrogens is 1. The third-order valence-corrected chi connectivity index (χ3v) is 6.05. The van der Waals surface area contributed by atoms with Gasteiger partial charge in [0, 0.05) is 35.1 Å². The lowest BCUT2D eigenvalue weighted by Gasteiger charge is -2.28. The Morgan fingerprint density at radius 1 is 1.38 bits per heavy atom. The first-order valence-electron chi connectivity index (χ1n) is 8.24. The Bertz CT molecular complexity index is 802. The molecule has 2 aromatic rings. The Morgan fingerprint density at radius 3 is 2.62 bits per heavy atom. The zero-order chi connectivity index (χ0) is 19.1. The number of rotatable bonds is 4. The van der Waals surface area contributed by atoms with E-state index in [4.69, 9.17) is 11.6 Å². The number of thiazole rings is 1. The number of amidine groups is 1. The first-order valence-corrected chi connectivity index (χ1v) is 10.4. The Kier molecular flexibility index (Phi) is 7.75. The maximum absolute atomic E-state index is 9.80. The lowest BCUT2D eigenvalue weighted by atomic mass is 10.0. The van der Waals surface area contributed by atoms with E-state index >= 15 is 0 Å². The van der Waals surface area contributed by atoms with Gasteiger partial charge in [-0.3, -0.25) is 4.99 Å². The van der Waals surface area contributed by atoms with Crippen LogP contribution in [0, 0.1) is 0 Å². The van der Waals surface area contributed by atoms with E-state index in [2.05, 4.69) is 16.6 Å². The minimum atomic E-state index is 0.0462. The molecular weight excluding hydrogens is 386 g/mol. The molecule has 7 heteroatoms. The third-order valence-electron chi connectivity index (χ3n) is 3.72. The van der Waals surface area contributed by atoms with Crippen molar-refractivity contribution in [2.45, 2.75) is 19.9 Å². The molecule has 1 N–H and O–H groups in total. The predicted octanol–water partition coefficient (Wildman–Crippen LogP) is 6.01. The molecule has 1 aliphatic rings. The van der Waals surface area contributed by atoms with Crippen molar-refractivity contribution in [3.8, 4) is 0 Å². The quantitative estimate of drug-likeness (QED) is 0.497. The molecule has 1 atom stereocenters. The third kappa shape index (κ3) is 4.31. The Labute approximate surface area is 167 Å². The molecular formula is C19H22ClN3OS2. The molecule has 4 nitrogen and oxygen atoms in total. The van der Waals surface area contributed by atoms with Gasteiger partial charge >= 0.3 is 0 Å². The normalized spacial score (nSPS) is 18.6. The SMILES string of the molecule is C=C(/C(=C/O)c1ccccc1)N1C(=NC)SCC1c1cnc(Cl)s1.CC. The van der Waals surface area contributed by atoms with Gasteiger partial charge in [0.2, 0.25) is 0 Å². The molecule has 1 aliphatic heterocycles. The van der Waals surface area contributed by atoms with Crippen LogP contribution in [0.4, 0.5) is 0 Å².